The third-order valence-corrected chi connectivity index (χ3v) is 3.43. The first kappa shape index (κ1) is 15.6. The van der Waals surface area contributed by atoms with Gasteiger partial charge in [0.2, 0.25) is 0 Å². The van der Waals surface area contributed by atoms with Crippen LogP contribution in [0.5, 0.6) is 5.75 Å². The first-order valence-electron chi connectivity index (χ1n) is 6.09. The quantitative estimate of drug-likeness (QED) is 0.868. The van der Waals surface area contributed by atoms with E-state index in [0.717, 1.165) is 6.07 Å². The fourth-order valence-corrected chi connectivity index (χ4v) is 2.34. The number of carbonyl (C=O) groups is 1. The van der Waals surface area contributed by atoms with Gasteiger partial charge < -0.3 is 9.84 Å². The van der Waals surface area contributed by atoms with Crippen molar-refractivity contribution in [3.8, 4) is 16.9 Å². The van der Waals surface area contributed by atoms with Gasteiger partial charge in [0.1, 0.15) is 11.6 Å². The molecule has 1 N–H and O–H groups in total. The summed E-state index contributed by atoms with van der Waals surface area (Å²) in [6, 6.07) is 6.43. The number of carboxylic acid groups (broad SMARTS) is 1. The highest BCUT2D eigenvalue weighted by atomic mass is 35.5. The van der Waals surface area contributed by atoms with Crippen molar-refractivity contribution in [2.24, 2.45) is 0 Å². The molecule has 0 aliphatic carbocycles. The van der Waals surface area contributed by atoms with E-state index in [1.807, 2.05) is 0 Å². The summed E-state index contributed by atoms with van der Waals surface area (Å²) in [7, 11) is 0. The Morgan fingerprint density at radius 2 is 1.90 bits per heavy atom. The molecule has 0 amide bonds. The van der Waals surface area contributed by atoms with E-state index >= 15 is 0 Å². The second kappa shape index (κ2) is 6.33. The van der Waals surface area contributed by atoms with Crippen molar-refractivity contribution in [2.75, 3.05) is 6.61 Å². The van der Waals surface area contributed by atoms with Crippen molar-refractivity contribution in [2.45, 2.75) is 6.92 Å². The Balaban J connectivity index is 2.59. The Labute approximate surface area is 130 Å². The van der Waals surface area contributed by atoms with E-state index in [2.05, 4.69) is 0 Å². The summed E-state index contributed by atoms with van der Waals surface area (Å²) in [5, 5.41) is 9.48. The van der Waals surface area contributed by atoms with Crippen LogP contribution in [0.15, 0.2) is 30.3 Å². The lowest BCUT2D eigenvalue weighted by Crippen LogP contribution is -1.98. The normalized spacial score (nSPS) is 10.5. The topological polar surface area (TPSA) is 46.5 Å². The van der Waals surface area contributed by atoms with Crippen molar-refractivity contribution < 1.29 is 19.0 Å². The lowest BCUT2D eigenvalue weighted by molar-refractivity contribution is 0.0697. The summed E-state index contributed by atoms with van der Waals surface area (Å²) in [5.74, 6) is -1.34. The Bertz CT molecular complexity index is 702. The van der Waals surface area contributed by atoms with Crippen LogP contribution in [0.1, 0.15) is 17.3 Å². The number of rotatable bonds is 4. The minimum Gasteiger partial charge on any atom is -0.492 e. The lowest BCUT2D eigenvalue weighted by Gasteiger charge is -2.11. The predicted molar refractivity (Wildman–Crippen MR) is 80.0 cm³/mol. The fourth-order valence-electron chi connectivity index (χ4n) is 1.87. The lowest BCUT2D eigenvalue weighted by atomic mass is 10.0. The van der Waals surface area contributed by atoms with Crippen LogP contribution in [0.2, 0.25) is 10.0 Å². The minimum atomic E-state index is -1.15. The molecule has 0 aliphatic heterocycles. The molecule has 0 radical (unpaired) electrons. The molecule has 2 rings (SSSR count). The molecule has 0 atom stereocenters. The Kier molecular flexibility index (Phi) is 4.70. The van der Waals surface area contributed by atoms with Crippen LogP contribution < -0.4 is 4.74 Å². The average Bonchev–Trinajstić information content (AvgIpc) is 2.43. The number of halogens is 3. The molecule has 0 spiro atoms. The molecule has 0 saturated heterocycles. The van der Waals surface area contributed by atoms with Gasteiger partial charge in [-0.3, -0.25) is 0 Å². The van der Waals surface area contributed by atoms with Gasteiger partial charge in [0, 0.05) is 17.2 Å². The van der Waals surface area contributed by atoms with Crippen LogP contribution in [-0.4, -0.2) is 17.7 Å². The van der Waals surface area contributed by atoms with Crippen LogP contribution in [0.3, 0.4) is 0 Å². The zero-order valence-electron chi connectivity index (χ0n) is 11.0. The summed E-state index contributed by atoms with van der Waals surface area (Å²) < 4.78 is 19.2. The molecule has 0 bridgehead atoms. The molecule has 2 aromatic carbocycles. The van der Waals surface area contributed by atoms with Gasteiger partial charge >= 0.3 is 5.97 Å². The molecule has 0 fully saturated rings. The van der Waals surface area contributed by atoms with Crippen LogP contribution in [0.25, 0.3) is 11.1 Å². The molecule has 0 aromatic heterocycles. The molecule has 2 aromatic rings. The van der Waals surface area contributed by atoms with E-state index in [-0.39, 0.29) is 21.2 Å². The second-order valence-electron chi connectivity index (χ2n) is 4.20. The van der Waals surface area contributed by atoms with Crippen LogP contribution in [-0.2, 0) is 0 Å². The first-order valence-corrected chi connectivity index (χ1v) is 6.84. The maximum atomic E-state index is 14.0. The minimum absolute atomic E-state index is 0.0347. The number of hydrogen-bond acceptors (Lipinski definition) is 2. The predicted octanol–water partition coefficient (Wildman–Crippen LogP) is 4.90. The number of aromatic carboxylic acids is 1. The van der Waals surface area contributed by atoms with Gasteiger partial charge in [0.05, 0.1) is 22.2 Å². The van der Waals surface area contributed by atoms with Crippen molar-refractivity contribution >= 4 is 29.2 Å². The maximum absolute atomic E-state index is 14.0. The Hall–Kier alpha value is -1.78. The highest BCUT2D eigenvalue weighted by Crippen LogP contribution is 2.38. The number of carboxylic acids is 1. The van der Waals surface area contributed by atoms with Crippen molar-refractivity contribution in [3.05, 3.63) is 51.8 Å². The van der Waals surface area contributed by atoms with E-state index in [0.29, 0.717) is 17.9 Å². The number of benzene rings is 2. The zero-order chi connectivity index (χ0) is 15.6. The average molecular weight is 329 g/mol. The second-order valence-corrected chi connectivity index (χ2v) is 5.01. The summed E-state index contributed by atoms with van der Waals surface area (Å²) in [4.78, 5) is 11.0. The standard InChI is InChI=1S/C15H11Cl2FO3/c1-2-21-14-7-11(16)9(6-12(14)17)10-5-8(15(19)20)3-4-13(10)18/h3-7H,2H2,1H3,(H,19,20). The van der Waals surface area contributed by atoms with Gasteiger partial charge in [0.15, 0.2) is 0 Å². The molecule has 3 nitrogen and oxygen atoms in total. The van der Waals surface area contributed by atoms with Gasteiger partial charge in [0.25, 0.3) is 0 Å². The first-order chi connectivity index (χ1) is 9.93. The Morgan fingerprint density at radius 3 is 2.52 bits per heavy atom. The highest BCUT2D eigenvalue weighted by molar-refractivity contribution is 6.36. The smallest absolute Gasteiger partial charge is 0.335 e. The molecular formula is C15H11Cl2FO3. The maximum Gasteiger partial charge on any atom is 0.335 e. The number of hydrogen-bond donors (Lipinski definition) is 1. The third kappa shape index (κ3) is 3.28. The zero-order valence-corrected chi connectivity index (χ0v) is 12.5. The highest BCUT2D eigenvalue weighted by Gasteiger charge is 2.15. The van der Waals surface area contributed by atoms with E-state index < -0.39 is 11.8 Å². The molecule has 0 unspecified atom stereocenters. The van der Waals surface area contributed by atoms with E-state index in [4.69, 9.17) is 33.0 Å². The van der Waals surface area contributed by atoms with Crippen molar-refractivity contribution in [1.82, 2.24) is 0 Å². The van der Waals surface area contributed by atoms with Gasteiger partial charge in [-0.2, -0.15) is 0 Å². The molecule has 0 saturated carbocycles. The largest absolute Gasteiger partial charge is 0.492 e. The summed E-state index contributed by atoms with van der Waals surface area (Å²) in [6.45, 7) is 2.21. The molecular weight excluding hydrogens is 318 g/mol. The van der Waals surface area contributed by atoms with Gasteiger partial charge in [-0.25, -0.2) is 9.18 Å². The summed E-state index contributed by atoms with van der Waals surface area (Å²) in [5.41, 5.74) is 0.350. The summed E-state index contributed by atoms with van der Waals surface area (Å²) >= 11 is 12.2. The molecule has 0 aliphatic rings. The van der Waals surface area contributed by atoms with Crippen LogP contribution >= 0.6 is 23.2 Å². The van der Waals surface area contributed by atoms with Gasteiger partial charge in [-0.15, -0.1) is 0 Å². The van der Waals surface area contributed by atoms with Crippen LogP contribution in [0, 0.1) is 5.82 Å². The summed E-state index contributed by atoms with van der Waals surface area (Å²) in [6.07, 6.45) is 0. The molecule has 21 heavy (non-hydrogen) atoms. The van der Waals surface area contributed by atoms with E-state index in [1.165, 1.54) is 24.3 Å². The van der Waals surface area contributed by atoms with Crippen molar-refractivity contribution in [3.63, 3.8) is 0 Å². The molecule has 6 heteroatoms. The number of ether oxygens (including phenoxy) is 1. The monoisotopic (exact) mass is 328 g/mol. The molecule has 110 valence electrons. The van der Waals surface area contributed by atoms with Crippen LogP contribution in [0.4, 0.5) is 4.39 Å². The SMILES string of the molecule is CCOc1cc(Cl)c(-c2cc(C(=O)O)ccc2F)cc1Cl. The molecule has 0 heterocycles. The van der Waals surface area contributed by atoms with Crippen molar-refractivity contribution in [1.29, 1.82) is 0 Å². The van der Waals surface area contributed by atoms with Gasteiger partial charge in [-0.05, 0) is 31.2 Å². The van der Waals surface area contributed by atoms with Gasteiger partial charge in [-0.1, -0.05) is 23.2 Å². The fraction of sp³-hybridized carbons (Fsp3) is 0.133. The third-order valence-electron chi connectivity index (χ3n) is 2.82. The van der Waals surface area contributed by atoms with E-state index in [9.17, 15) is 9.18 Å². The Morgan fingerprint density at radius 1 is 1.19 bits per heavy atom. The van der Waals surface area contributed by atoms with E-state index in [1.54, 1.807) is 6.92 Å².